The van der Waals surface area contributed by atoms with E-state index in [0.29, 0.717) is 24.5 Å². The van der Waals surface area contributed by atoms with Crippen LogP contribution in [-0.4, -0.2) is 28.5 Å². The van der Waals surface area contributed by atoms with Crippen molar-refractivity contribution in [1.29, 1.82) is 0 Å². The fraction of sp³-hybridized carbons (Fsp3) is 0.700. The van der Waals surface area contributed by atoms with Gasteiger partial charge in [-0.25, -0.2) is 4.39 Å². The zero-order valence-corrected chi connectivity index (χ0v) is 9.73. The molecular weight excluding hydrogens is 217 g/mol. The number of nitrogens with zero attached hydrogens (tertiary/aromatic N) is 2. The number of alkyl halides is 1. The molecule has 2 heterocycles. The van der Waals surface area contributed by atoms with E-state index in [2.05, 4.69) is 10.4 Å². The van der Waals surface area contributed by atoms with Gasteiger partial charge >= 0.3 is 0 Å². The van der Waals surface area contributed by atoms with E-state index in [4.69, 9.17) is 11.6 Å². The molecule has 2 rings (SSSR count). The third-order valence-electron chi connectivity index (χ3n) is 2.96. The molecular formula is C10H15ClFN3. The lowest BCUT2D eigenvalue weighted by Gasteiger charge is -2.17. The highest BCUT2D eigenvalue weighted by molar-refractivity contribution is 6.30. The number of nitrogens with one attached hydrogen (secondary N) is 1. The summed E-state index contributed by atoms with van der Waals surface area (Å²) in [5, 5.41) is 7.77. The highest BCUT2D eigenvalue weighted by Crippen LogP contribution is 2.29. The molecule has 5 heteroatoms. The molecule has 0 saturated carbocycles. The number of aryl methyl sites for hydroxylation is 2. The van der Waals surface area contributed by atoms with Crippen molar-refractivity contribution in [3.63, 3.8) is 0 Å². The van der Waals surface area contributed by atoms with Gasteiger partial charge in [-0.3, -0.25) is 4.68 Å². The second kappa shape index (κ2) is 3.76. The van der Waals surface area contributed by atoms with E-state index in [1.165, 1.54) is 0 Å². The molecule has 1 saturated heterocycles. The molecule has 0 amide bonds. The molecule has 1 aromatic rings. The van der Waals surface area contributed by atoms with Gasteiger partial charge in [-0.15, -0.1) is 0 Å². The predicted octanol–water partition coefficient (Wildman–Crippen LogP) is 1.63. The molecule has 1 N–H and O–H groups in total. The monoisotopic (exact) mass is 231 g/mol. The Morgan fingerprint density at radius 2 is 2.40 bits per heavy atom. The highest BCUT2D eigenvalue weighted by Gasteiger charge is 2.35. The molecule has 1 unspecified atom stereocenters. The first kappa shape index (κ1) is 10.9. The minimum atomic E-state index is -1.16. The molecule has 1 aliphatic heterocycles. The maximum Gasteiger partial charge on any atom is 0.130 e. The molecule has 1 fully saturated rings. The Morgan fingerprint density at radius 1 is 1.67 bits per heavy atom. The minimum Gasteiger partial charge on any atom is -0.313 e. The van der Waals surface area contributed by atoms with E-state index >= 15 is 0 Å². The van der Waals surface area contributed by atoms with Gasteiger partial charge in [0.25, 0.3) is 0 Å². The van der Waals surface area contributed by atoms with Crippen molar-refractivity contribution in [1.82, 2.24) is 15.1 Å². The van der Waals surface area contributed by atoms with Gasteiger partial charge in [0.05, 0.1) is 5.69 Å². The van der Waals surface area contributed by atoms with E-state index in [9.17, 15) is 4.39 Å². The normalized spacial score (nSPS) is 26.1. The minimum absolute atomic E-state index is 0.360. The van der Waals surface area contributed by atoms with Crippen LogP contribution < -0.4 is 5.32 Å². The topological polar surface area (TPSA) is 29.9 Å². The number of rotatable bonds is 2. The van der Waals surface area contributed by atoms with Crippen LogP contribution in [0.15, 0.2) is 0 Å². The maximum atomic E-state index is 14.2. The molecule has 0 radical (unpaired) electrons. The largest absolute Gasteiger partial charge is 0.313 e. The van der Waals surface area contributed by atoms with E-state index in [-0.39, 0.29) is 0 Å². The summed E-state index contributed by atoms with van der Waals surface area (Å²) < 4.78 is 15.8. The van der Waals surface area contributed by atoms with Gasteiger partial charge in [0.1, 0.15) is 10.8 Å². The maximum absolute atomic E-state index is 14.2. The molecule has 0 bridgehead atoms. The fourth-order valence-corrected chi connectivity index (χ4v) is 2.30. The first-order chi connectivity index (χ1) is 7.02. The Morgan fingerprint density at radius 3 is 2.87 bits per heavy atom. The molecule has 0 spiro atoms. The van der Waals surface area contributed by atoms with Crippen LogP contribution in [0.4, 0.5) is 4.39 Å². The van der Waals surface area contributed by atoms with Crippen LogP contribution in [0.2, 0.25) is 5.15 Å². The van der Waals surface area contributed by atoms with Crippen LogP contribution in [0, 0.1) is 6.92 Å². The van der Waals surface area contributed by atoms with Gasteiger partial charge in [0, 0.05) is 25.6 Å². The van der Waals surface area contributed by atoms with Crippen LogP contribution in [0.3, 0.4) is 0 Å². The van der Waals surface area contributed by atoms with Gasteiger partial charge in [-0.05, 0) is 19.9 Å². The molecule has 0 aromatic carbocycles. The summed E-state index contributed by atoms with van der Waals surface area (Å²) in [6, 6.07) is 0. The van der Waals surface area contributed by atoms with E-state index in [0.717, 1.165) is 17.8 Å². The standard InChI is InChI=1S/C10H15ClFN3/c1-7-8(9(11)15(2)14-7)5-10(12)3-4-13-6-10/h13H,3-6H2,1-2H3. The van der Waals surface area contributed by atoms with Crippen LogP contribution in [-0.2, 0) is 13.5 Å². The van der Waals surface area contributed by atoms with Crippen molar-refractivity contribution in [3.8, 4) is 0 Å². The van der Waals surface area contributed by atoms with E-state index < -0.39 is 5.67 Å². The summed E-state index contributed by atoms with van der Waals surface area (Å²) in [7, 11) is 1.77. The lowest BCUT2D eigenvalue weighted by Crippen LogP contribution is -2.28. The third kappa shape index (κ3) is 2.01. The quantitative estimate of drug-likeness (QED) is 0.839. The Kier molecular flexibility index (Phi) is 2.73. The predicted molar refractivity (Wildman–Crippen MR) is 58.0 cm³/mol. The first-order valence-corrected chi connectivity index (χ1v) is 5.47. The average molecular weight is 232 g/mol. The van der Waals surface area contributed by atoms with Crippen molar-refractivity contribution in [2.75, 3.05) is 13.1 Å². The van der Waals surface area contributed by atoms with Gasteiger partial charge in [-0.2, -0.15) is 5.10 Å². The van der Waals surface area contributed by atoms with Gasteiger partial charge < -0.3 is 5.32 Å². The molecule has 84 valence electrons. The third-order valence-corrected chi connectivity index (χ3v) is 3.43. The Balaban J connectivity index is 2.23. The average Bonchev–Trinajstić information content (AvgIpc) is 2.68. The Hall–Kier alpha value is -0.610. The first-order valence-electron chi connectivity index (χ1n) is 5.09. The van der Waals surface area contributed by atoms with Crippen LogP contribution in [0.1, 0.15) is 17.7 Å². The molecule has 1 aliphatic rings. The van der Waals surface area contributed by atoms with E-state index in [1.54, 1.807) is 11.7 Å². The number of halogens is 2. The molecule has 3 nitrogen and oxygen atoms in total. The van der Waals surface area contributed by atoms with E-state index in [1.807, 2.05) is 6.92 Å². The molecule has 0 aliphatic carbocycles. The summed E-state index contributed by atoms with van der Waals surface area (Å²) in [5.74, 6) is 0. The zero-order chi connectivity index (χ0) is 11.1. The van der Waals surface area contributed by atoms with Crippen LogP contribution >= 0.6 is 11.6 Å². The Bertz CT molecular complexity index is 369. The summed E-state index contributed by atoms with van der Waals surface area (Å²) >= 11 is 6.07. The van der Waals surface area contributed by atoms with Crippen molar-refractivity contribution in [2.24, 2.45) is 7.05 Å². The van der Waals surface area contributed by atoms with Crippen LogP contribution in [0.25, 0.3) is 0 Å². The van der Waals surface area contributed by atoms with Gasteiger partial charge in [0.2, 0.25) is 0 Å². The lowest BCUT2D eigenvalue weighted by molar-refractivity contribution is 0.190. The summed E-state index contributed by atoms with van der Waals surface area (Å²) in [6.45, 7) is 3.03. The van der Waals surface area contributed by atoms with Crippen LogP contribution in [0.5, 0.6) is 0 Å². The second-order valence-electron chi connectivity index (χ2n) is 4.23. The number of hydrogen-bond donors (Lipinski definition) is 1. The van der Waals surface area contributed by atoms with Crippen molar-refractivity contribution in [3.05, 3.63) is 16.4 Å². The highest BCUT2D eigenvalue weighted by atomic mass is 35.5. The molecule has 1 aromatic heterocycles. The fourth-order valence-electron chi connectivity index (χ4n) is 2.06. The Labute approximate surface area is 93.6 Å². The zero-order valence-electron chi connectivity index (χ0n) is 8.98. The van der Waals surface area contributed by atoms with Gasteiger partial charge in [-0.1, -0.05) is 11.6 Å². The molecule has 15 heavy (non-hydrogen) atoms. The molecule has 1 atom stereocenters. The number of aromatic nitrogens is 2. The number of hydrogen-bond acceptors (Lipinski definition) is 2. The summed E-state index contributed by atoms with van der Waals surface area (Å²) in [4.78, 5) is 0. The van der Waals surface area contributed by atoms with Crippen molar-refractivity contribution in [2.45, 2.75) is 25.4 Å². The van der Waals surface area contributed by atoms with Gasteiger partial charge in [0.15, 0.2) is 0 Å². The van der Waals surface area contributed by atoms with Crippen molar-refractivity contribution < 1.29 is 4.39 Å². The summed E-state index contributed by atoms with van der Waals surface area (Å²) in [5.41, 5.74) is 0.508. The smallest absolute Gasteiger partial charge is 0.130 e. The summed E-state index contributed by atoms with van der Waals surface area (Å²) in [6.07, 6.45) is 0.913. The SMILES string of the molecule is Cc1nn(C)c(Cl)c1CC1(F)CCNC1. The lowest BCUT2D eigenvalue weighted by atomic mass is 9.96. The van der Waals surface area contributed by atoms with Crippen molar-refractivity contribution >= 4 is 11.6 Å². The second-order valence-corrected chi connectivity index (χ2v) is 4.59.